The second-order valence-corrected chi connectivity index (χ2v) is 4.44. The maximum Gasteiger partial charge on any atom is 0.0367 e. The molecule has 0 bridgehead atoms. The van der Waals surface area contributed by atoms with Gasteiger partial charge in [0.2, 0.25) is 0 Å². The fourth-order valence-corrected chi connectivity index (χ4v) is 2.20. The molecule has 0 spiro atoms. The second-order valence-electron chi connectivity index (χ2n) is 4.44. The van der Waals surface area contributed by atoms with Gasteiger partial charge in [0.05, 0.1) is 0 Å². The minimum absolute atomic E-state index is 1.16. The van der Waals surface area contributed by atoms with E-state index in [4.69, 9.17) is 0 Å². The van der Waals surface area contributed by atoms with Crippen LogP contribution in [0.3, 0.4) is 0 Å². The summed E-state index contributed by atoms with van der Waals surface area (Å²) in [6, 6.07) is 11.4. The molecule has 1 aliphatic heterocycles. The molecule has 1 aromatic rings. The average Bonchev–Trinajstić information content (AvgIpc) is 2.38. The van der Waals surface area contributed by atoms with Gasteiger partial charge in [0.25, 0.3) is 0 Å². The van der Waals surface area contributed by atoms with Crippen LogP contribution >= 0.6 is 0 Å². The predicted octanol–water partition coefficient (Wildman–Crippen LogP) is 2.41. The second kappa shape index (κ2) is 5.90. The molecule has 0 aliphatic carbocycles. The summed E-state index contributed by atoms with van der Waals surface area (Å²) in [6.07, 6.45) is 2.63. The zero-order chi connectivity index (χ0) is 11.2. The van der Waals surface area contributed by atoms with Crippen LogP contribution in [0.2, 0.25) is 0 Å². The van der Waals surface area contributed by atoms with Gasteiger partial charge in [-0.15, -0.1) is 0 Å². The fourth-order valence-electron chi connectivity index (χ4n) is 2.20. The van der Waals surface area contributed by atoms with Crippen molar-refractivity contribution in [2.24, 2.45) is 0 Å². The molecular formula is C14H21N2. The Hall–Kier alpha value is -1.02. The maximum absolute atomic E-state index is 3.07. The monoisotopic (exact) mass is 217 g/mol. The quantitative estimate of drug-likeness (QED) is 0.764. The third-order valence-corrected chi connectivity index (χ3v) is 3.27. The number of nitrogens with zero attached hydrogens (tertiary/aromatic N) is 2. The molecule has 2 nitrogen and oxygen atoms in total. The van der Waals surface area contributed by atoms with Gasteiger partial charge in [-0.05, 0) is 31.2 Å². The van der Waals surface area contributed by atoms with E-state index in [1.54, 1.807) is 0 Å². The number of hydrogen-bond donors (Lipinski definition) is 0. The van der Waals surface area contributed by atoms with Crippen molar-refractivity contribution >= 4 is 5.69 Å². The predicted molar refractivity (Wildman–Crippen MR) is 68.8 cm³/mol. The molecule has 87 valence electrons. The van der Waals surface area contributed by atoms with Crippen molar-refractivity contribution in [2.45, 2.75) is 19.8 Å². The largest absolute Gasteiger partial charge is 0.369 e. The summed E-state index contributed by atoms with van der Waals surface area (Å²) in [6.45, 7) is 8.27. The lowest BCUT2D eigenvalue weighted by atomic mass is 10.2. The van der Waals surface area contributed by atoms with Crippen LogP contribution < -0.4 is 4.90 Å². The van der Waals surface area contributed by atoms with Gasteiger partial charge in [0.15, 0.2) is 0 Å². The Bertz CT molecular complexity index is 289. The minimum atomic E-state index is 1.16. The molecule has 0 amide bonds. The van der Waals surface area contributed by atoms with E-state index in [9.17, 15) is 0 Å². The van der Waals surface area contributed by atoms with Crippen molar-refractivity contribution in [3.8, 4) is 0 Å². The number of benzene rings is 1. The Morgan fingerprint density at radius 2 is 1.81 bits per heavy atom. The maximum atomic E-state index is 3.07. The zero-order valence-corrected chi connectivity index (χ0v) is 10.2. The summed E-state index contributed by atoms with van der Waals surface area (Å²) in [5.41, 5.74) is 1.34. The Labute approximate surface area is 98.9 Å². The molecule has 1 fully saturated rings. The van der Waals surface area contributed by atoms with Crippen LogP contribution in [0, 0.1) is 6.07 Å². The van der Waals surface area contributed by atoms with Crippen molar-refractivity contribution < 1.29 is 0 Å². The van der Waals surface area contributed by atoms with Crippen LogP contribution in [0.25, 0.3) is 0 Å². The van der Waals surface area contributed by atoms with Crippen LogP contribution in [-0.2, 0) is 0 Å². The standard InChI is InChI=1S/C14H21N2/c1-2-3-9-15-10-12-16(13-11-15)14-7-5-4-6-8-14/h5-8H,2-3,9-13H2,1H3. The SMILES string of the molecule is CCCCN1CCN(c2cc[c]cc2)CC1. The first-order valence-electron chi connectivity index (χ1n) is 6.33. The molecule has 1 aliphatic rings. The third kappa shape index (κ3) is 2.99. The summed E-state index contributed by atoms with van der Waals surface area (Å²) < 4.78 is 0. The molecule has 1 heterocycles. The molecule has 16 heavy (non-hydrogen) atoms. The summed E-state index contributed by atoms with van der Waals surface area (Å²) in [4.78, 5) is 5.05. The molecule has 0 aromatic heterocycles. The topological polar surface area (TPSA) is 6.48 Å². The van der Waals surface area contributed by atoms with Crippen molar-refractivity contribution in [3.63, 3.8) is 0 Å². The average molecular weight is 217 g/mol. The van der Waals surface area contributed by atoms with Crippen LogP contribution in [-0.4, -0.2) is 37.6 Å². The molecule has 0 N–H and O–H groups in total. The Morgan fingerprint density at radius 3 is 2.44 bits per heavy atom. The Balaban J connectivity index is 1.81. The number of unbranched alkanes of at least 4 members (excludes halogenated alkanes) is 1. The molecule has 1 saturated heterocycles. The lowest BCUT2D eigenvalue weighted by molar-refractivity contribution is 0.254. The third-order valence-electron chi connectivity index (χ3n) is 3.27. The summed E-state index contributed by atoms with van der Waals surface area (Å²) in [5.74, 6) is 0. The Morgan fingerprint density at radius 1 is 1.12 bits per heavy atom. The summed E-state index contributed by atoms with van der Waals surface area (Å²) in [5, 5.41) is 0. The van der Waals surface area contributed by atoms with Gasteiger partial charge in [-0.25, -0.2) is 0 Å². The van der Waals surface area contributed by atoms with Gasteiger partial charge in [-0.3, -0.25) is 4.90 Å². The molecule has 1 radical (unpaired) electrons. The van der Waals surface area contributed by atoms with Crippen molar-refractivity contribution in [3.05, 3.63) is 30.3 Å². The van der Waals surface area contributed by atoms with E-state index in [-0.39, 0.29) is 0 Å². The van der Waals surface area contributed by atoms with Crippen LogP contribution in [0.1, 0.15) is 19.8 Å². The highest BCUT2D eigenvalue weighted by atomic mass is 15.3. The first kappa shape index (κ1) is 11.5. The van der Waals surface area contributed by atoms with Crippen LogP contribution in [0.4, 0.5) is 5.69 Å². The lowest BCUT2D eigenvalue weighted by Gasteiger charge is -2.36. The van der Waals surface area contributed by atoms with Crippen LogP contribution in [0.15, 0.2) is 24.3 Å². The smallest absolute Gasteiger partial charge is 0.0367 e. The highest BCUT2D eigenvalue weighted by molar-refractivity contribution is 5.46. The Kier molecular flexibility index (Phi) is 4.23. The molecule has 2 rings (SSSR count). The molecule has 2 heteroatoms. The van der Waals surface area contributed by atoms with Gasteiger partial charge in [-0.1, -0.05) is 25.5 Å². The fraction of sp³-hybridized carbons (Fsp3) is 0.571. The van der Waals surface area contributed by atoms with E-state index in [0.29, 0.717) is 0 Å². The van der Waals surface area contributed by atoms with Crippen LogP contribution in [0.5, 0.6) is 0 Å². The normalized spacial score (nSPS) is 17.7. The molecule has 0 unspecified atom stereocenters. The zero-order valence-electron chi connectivity index (χ0n) is 10.2. The van der Waals surface area contributed by atoms with E-state index < -0.39 is 0 Å². The van der Waals surface area contributed by atoms with E-state index in [2.05, 4.69) is 34.9 Å². The van der Waals surface area contributed by atoms with Crippen molar-refractivity contribution in [1.82, 2.24) is 4.90 Å². The van der Waals surface area contributed by atoms with E-state index in [0.717, 1.165) is 13.1 Å². The van der Waals surface area contributed by atoms with E-state index >= 15 is 0 Å². The molecule has 1 aromatic carbocycles. The van der Waals surface area contributed by atoms with E-state index in [1.807, 2.05) is 12.1 Å². The number of piperazine rings is 1. The lowest BCUT2D eigenvalue weighted by Crippen LogP contribution is -2.46. The van der Waals surface area contributed by atoms with Gasteiger partial charge in [0.1, 0.15) is 0 Å². The number of hydrogen-bond acceptors (Lipinski definition) is 2. The highest BCUT2D eigenvalue weighted by Crippen LogP contribution is 2.15. The molecular weight excluding hydrogens is 196 g/mol. The summed E-state index contributed by atoms with van der Waals surface area (Å²) in [7, 11) is 0. The molecule has 0 atom stereocenters. The van der Waals surface area contributed by atoms with Gasteiger partial charge in [-0.2, -0.15) is 0 Å². The number of anilines is 1. The minimum Gasteiger partial charge on any atom is -0.369 e. The van der Waals surface area contributed by atoms with Crippen molar-refractivity contribution in [1.29, 1.82) is 0 Å². The summed E-state index contributed by atoms with van der Waals surface area (Å²) >= 11 is 0. The molecule has 0 saturated carbocycles. The first-order chi connectivity index (χ1) is 7.90. The van der Waals surface area contributed by atoms with E-state index in [1.165, 1.54) is 38.2 Å². The number of rotatable bonds is 4. The van der Waals surface area contributed by atoms with Gasteiger partial charge >= 0.3 is 0 Å². The van der Waals surface area contributed by atoms with Crippen molar-refractivity contribution in [2.75, 3.05) is 37.6 Å². The highest BCUT2D eigenvalue weighted by Gasteiger charge is 2.15. The van der Waals surface area contributed by atoms with Gasteiger partial charge in [0, 0.05) is 31.9 Å². The van der Waals surface area contributed by atoms with Gasteiger partial charge < -0.3 is 4.90 Å². The first-order valence-corrected chi connectivity index (χ1v) is 6.33.